The molecule has 1 fully saturated rings. The molecule has 0 atom stereocenters. The fourth-order valence-electron chi connectivity index (χ4n) is 1.85. The van der Waals surface area contributed by atoms with E-state index in [1.54, 1.807) is 0 Å². The number of alkyl halides is 1. The van der Waals surface area contributed by atoms with Crippen LogP contribution in [0.15, 0.2) is 0 Å². The summed E-state index contributed by atoms with van der Waals surface area (Å²) in [6.45, 7) is 1.94. The highest BCUT2D eigenvalue weighted by Crippen LogP contribution is 2.12. The van der Waals surface area contributed by atoms with Crippen LogP contribution in [0.1, 0.15) is 44.9 Å². The number of amides is 1. The minimum absolute atomic E-state index is 0.355. The summed E-state index contributed by atoms with van der Waals surface area (Å²) in [6, 6.07) is 0. The van der Waals surface area contributed by atoms with E-state index in [0.29, 0.717) is 5.91 Å². The smallest absolute Gasteiger partial charge is 0.222 e. The molecular weight excluding hydrogens is 198 g/mol. The summed E-state index contributed by atoms with van der Waals surface area (Å²) in [4.78, 5) is 13.4. The molecule has 0 aliphatic carbocycles. The summed E-state index contributed by atoms with van der Waals surface area (Å²) in [5.41, 5.74) is 0. The number of likely N-dealkylation sites (tertiary alicyclic amines) is 1. The maximum atomic E-state index is 11.4. The van der Waals surface area contributed by atoms with Crippen LogP contribution in [-0.2, 0) is 4.79 Å². The van der Waals surface area contributed by atoms with Crippen molar-refractivity contribution < 1.29 is 4.79 Å². The molecule has 0 aromatic rings. The van der Waals surface area contributed by atoms with E-state index in [1.807, 2.05) is 4.90 Å². The van der Waals surface area contributed by atoms with Gasteiger partial charge in [-0.1, -0.05) is 12.8 Å². The Hall–Kier alpha value is -0.240. The van der Waals surface area contributed by atoms with Crippen molar-refractivity contribution in [3.63, 3.8) is 0 Å². The summed E-state index contributed by atoms with van der Waals surface area (Å²) >= 11 is 5.59. The molecule has 1 amide bonds. The van der Waals surface area contributed by atoms with E-state index in [1.165, 1.54) is 19.3 Å². The second-order valence-corrected chi connectivity index (χ2v) is 4.32. The molecule has 14 heavy (non-hydrogen) atoms. The van der Waals surface area contributed by atoms with Gasteiger partial charge in [0.2, 0.25) is 5.91 Å². The highest BCUT2D eigenvalue weighted by Gasteiger charge is 2.16. The summed E-state index contributed by atoms with van der Waals surface area (Å²) in [5.74, 6) is 1.12. The maximum absolute atomic E-state index is 11.4. The van der Waals surface area contributed by atoms with Crippen LogP contribution in [-0.4, -0.2) is 29.8 Å². The lowest BCUT2D eigenvalue weighted by molar-refractivity contribution is -0.133. The van der Waals surface area contributed by atoms with Crippen molar-refractivity contribution in [2.45, 2.75) is 44.9 Å². The molecule has 1 rings (SSSR count). The minimum atomic E-state index is 0.355. The van der Waals surface area contributed by atoms with Crippen LogP contribution in [0, 0.1) is 0 Å². The van der Waals surface area contributed by atoms with Crippen LogP contribution in [0.3, 0.4) is 0 Å². The van der Waals surface area contributed by atoms with Crippen LogP contribution in [0.4, 0.5) is 0 Å². The summed E-state index contributed by atoms with van der Waals surface area (Å²) in [7, 11) is 0. The Morgan fingerprint density at radius 1 is 1.14 bits per heavy atom. The Labute approximate surface area is 91.6 Å². The van der Waals surface area contributed by atoms with Gasteiger partial charge in [-0.25, -0.2) is 0 Å². The number of carbonyl (C=O) groups excluding carboxylic acids is 1. The van der Waals surface area contributed by atoms with Gasteiger partial charge in [0.15, 0.2) is 0 Å². The van der Waals surface area contributed by atoms with E-state index < -0.39 is 0 Å². The average molecular weight is 218 g/mol. The van der Waals surface area contributed by atoms with Crippen molar-refractivity contribution in [2.75, 3.05) is 19.0 Å². The third-order valence-corrected chi connectivity index (χ3v) is 3.00. The van der Waals surface area contributed by atoms with Gasteiger partial charge in [0, 0.05) is 25.4 Å². The summed E-state index contributed by atoms with van der Waals surface area (Å²) < 4.78 is 0. The molecule has 0 aromatic carbocycles. The molecule has 0 unspecified atom stereocenters. The molecule has 1 aliphatic heterocycles. The van der Waals surface area contributed by atoms with E-state index in [4.69, 9.17) is 11.6 Å². The van der Waals surface area contributed by atoms with E-state index in [-0.39, 0.29) is 0 Å². The Balaban J connectivity index is 2.02. The maximum Gasteiger partial charge on any atom is 0.222 e. The molecular formula is C11H20ClNO. The first-order valence-corrected chi connectivity index (χ1v) is 6.22. The zero-order chi connectivity index (χ0) is 10.2. The average Bonchev–Trinajstić information content (AvgIpc) is 2.20. The second kappa shape index (κ2) is 7.10. The van der Waals surface area contributed by atoms with Gasteiger partial charge in [0.1, 0.15) is 0 Å². The first-order chi connectivity index (χ1) is 6.84. The molecule has 0 N–H and O–H groups in total. The lowest BCUT2D eigenvalue weighted by Gasteiger charge is -2.26. The van der Waals surface area contributed by atoms with E-state index >= 15 is 0 Å². The molecule has 2 nitrogen and oxygen atoms in total. The molecule has 1 heterocycles. The van der Waals surface area contributed by atoms with Gasteiger partial charge in [-0.2, -0.15) is 0 Å². The topological polar surface area (TPSA) is 20.3 Å². The number of carbonyl (C=O) groups is 1. The van der Waals surface area contributed by atoms with Crippen molar-refractivity contribution in [3.8, 4) is 0 Å². The molecule has 3 heteroatoms. The van der Waals surface area contributed by atoms with Crippen LogP contribution >= 0.6 is 11.6 Å². The van der Waals surface area contributed by atoms with E-state index in [0.717, 1.165) is 44.7 Å². The Morgan fingerprint density at radius 3 is 2.64 bits per heavy atom. The number of hydrogen-bond donors (Lipinski definition) is 0. The number of piperidine rings is 1. The monoisotopic (exact) mass is 217 g/mol. The van der Waals surface area contributed by atoms with Gasteiger partial charge in [-0.15, -0.1) is 11.6 Å². The zero-order valence-electron chi connectivity index (χ0n) is 8.80. The molecule has 0 bridgehead atoms. The number of halogens is 1. The molecule has 0 saturated carbocycles. The second-order valence-electron chi connectivity index (χ2n) is 3.94. The van der Waals surface area contributed by atoms with Gasteiger partial charge < -0.3 is 4.90 Å². The summed E-state index contributed by atoms with van der Waals surface area (Å²) in [6.07, 6.45) is 7.69. The first-order valence-electron chi connectivity index (χ1n) is 5.68. The SMILES string of the molecule is O=C1CCCCN1CCCCCCCl. The highest BCUT2D eigenvalue weighted by atomic mass is 35.5. The van der Waals surface area contributed by atoms with Crippen molar-refractivity contribution in [1.82, 2.24) is 4.90 Å². The largest absolute Gasteiger partial charge is 0.343 e. The predicted molar refractivity (Wildman–Crippen MR) is 59.6 cm³/mol. The lowest BCUT2D eigenvalue weighted by Crippen LogP contribution is -2.35. The number of nitrogens with zero attached hydrogens (tertiary/aromatic N) is 1. The Morgan fingerprint density at radius 2 is 1.93 bits per heavy atom. The fourth-order valence-corrected chi connectivity index (χ4v) is 2.04. The molecule has 1 saturated heterocycles. The van der Waals surface area contributed by atoms with Gasteiger partial charge in [0.25, 0.3) is 0 Å². The highest BCUT2D eigenvalue weighted by molar-refractivity contribution is 6.17. The van der Waals surface area contributed by atoms with Crippen LogP contribution in [0.2, 0.25) is 0 Å². The van der Waals surface area contributed by atoms with Gasteiger partial charge in [-0.3, -0.25) is 4.79 Å². The van der Waals surface area contributed by atoms with Crippen molar-refractivity contribution in [3.05, 3.63) is 0 Å². The Bertz CT molecular complexity index is 173. The standard InChI is InChI=1S/C11H20ClNO/c12-8-4-1-2-5-9-13-10-6-3-7-11(13)14/h1-10H2. The molecule has 0 spiro atoms. The zero-order valence-corrected chi connectivity index (χ0v) is 9.56. The van der Waals surface area contributed by atoms with Crippen LogP contribution < -0.4 is 0 Å². The van der Waals surface area contributed by atoms with E-state index in [9.17, 15) is 4.79 Å². The number of rotatable bonds is 6. The van der Waals surface area contributed by atoms with Gasteiger partial charge in [-0.05, 0) is 25.7 Å². The minimum Gasteiger partial charge on any atom is -0.343 e. The Kier molecular flexibility index (Phi) is 6.00. The quantitative estimate of drug-likeness (QED) is 0.495. The number of unbranched alkanes of at least 4 members (excludes halogenated alkanes) is 3. The molecule has 0 aromatic heterocycles. The fraction of sp³-hybridized carbons (Fsp3) is 0.909. The molecule has 0 radical (unpaired) electrons. The van der Waals surface area contributed by atoms with Crippen molar-refractivity contribution in [1.29, 1.82) is 0 Å². The van der Waals surface area contributed by atoms with Gasteiger partial charge >= 0.3 is 0 Å². The lowest BCUT2D eigenvalue weighted by atomic mass is 10.1. The normalized spacial score (nSPS) is 17.5. The predicted octanol–water partition coefficient (Wildman–Crippen LogP) is 2.80. The first kappa shape index (κ1) is 11.8. The van der Waals surface area contributed by atoms with Gasteiger partial charge in [0.05, 0.1) is 0 Å². The van der Waals surface area contributed by atoms with Crippen LogP contribution in [0.25, 0.3) is 0 Å². The molecule has 1 aliphatic rings. The molecule has 82 valence electrons. The van der Waals surface area contributed by atoms with Crippen molar-refractivity contribution in [2.24, 2.45) is 0 Å². The van der Waals surface area contributed by atoms with Crippen molar-refractivity contribution >= 4 is 17.5 Å². The van der Waals surface area contributed by atoms with Crippen LogP contribution in [0.5, 0.6) is 0 Å². The number of hydrogen-bond acceptors (Lipinski definition) is 1. The summed E-state index contributed by atoms with van der Waals surface area (Å²) in [5, 5.41) is 0. The third-order valence-electron chi connectivity index (χ3n) is 2.73. The van der Waals surface area contributed by atoms with E-state index in [2.05, 4.69) is 0 Å². The third kappa shape index (κ3) is 4.32.